The first-order chi connectivity index (χ1) is 4.42. The Labute approximate surface area is 65.0 Å². The fraction of sp³-hybridized carbons (Fsp3) is 1.00. The van der Waals surface area contributed by atoms with Crippen molar-refractivity contribution < 1.29 is 0 Å². The molecule has 1 nitrogen and oxygen atoms in total. The van der Waals surface area contributed by atoms with Gasteiger partial charge in [-0.05, 0) is 26.2 Å². The van der Waals surface area contributed by atoms with Gasteiger partial charge in [0.2, 0.25) is 0 Å². The molecule has 0 spiro atoms. The minimum Gasteiger partial charge on any atom is -0.252 e. The van der Waals surface area contributed by atoms with E-state index in [4.69, 9.17) is 5.73 Å². The Balaban J connectivity index is 3.21. The molecule has 0 aromatic rings. The maximum absolute atomic E-state index is 7.58. The van der Waals surface area contributed by atoms with Gasteiger partial charge in [0, 0.05) is 5.54 Å². The van der Waals surface area contributed by atoms with Gasteiger partial charge in [-0.25, -0.2) is 0 Å². The molecule has 0 aromatic heterocycles. The van der Waals surface area contributed by atoms with Crippen molar-refractivity contribution >= 4 is 0 Å². The smallest absolute Gasteiger partial charge is 0.0267 e. The third-order valence-electron chi connectivity index (χ3n) is 1.58. The monoisotopic (exact) mass is 142 g/mol. The van der Waals surface area contributed by atoms with E-state index in [1.807, 2.05) is 13.8 Å². The Morgan fingerprint density at radius 1 is 1.30 bits per heavy atom. The lowest BCUT2D eigenvalue weighted by Crippen LogP contribution is -2.20. The predicted octanol–water partition coefficient (Wildman–Crippen LogP) is 2.87. The van der Waals surface area contributed by atoms with Gasteiger partial charge >= 0.3 is 0 Å². The minimum atomic E-state index is -0.213. The van der Waals surface area contributed by atoms with E-state index in [0.29, 0.717) is 0 Å². The zero-order valence-electron chi connectivity index (χ0n) is 7.70. The highest BCUT2D eigenvalue weighted by Crippen LogP contribution is 2.14. The van der Waals surface area contributed by atoms with E-state index in [9.17, 15) is 0 Å². The second kappa shape index (κ2) is 3.97. The fourth-order valence-electron chi connectivity index (χ4n) is 0.952. The third-order valence-corrected chi connectivity index (χ3v) is 1.58. The van der Waals surface area contributed by atoms with E-state index in [2.05, 4.69) is 13.8 Å². The van der Waals surface area contributed by atoms with E-state index in [1.54, 1.807) is 0 Å². The molecule has 0 unspecified atom stereocenters. The van der Waals surface area contributed by atoms with Gasteiger partial charge in [-0.2, -0.15) is 0 Å². The van der Waals surface area contributed by atoms with E-state index in [0.717, 1.165) is 12.3 Å². The summed E-state index contributed by atoms with van der Waals surface area (Å²) in [6, 6.07) is 0. The Kier molecular flexibility index (Phi) is 3.95. The Morgan fingerprint density at radius 3 is 2.10 bits per heavy atom. The second-order valence-electron chi connectivity index (χ2n) is 4.17. The lowest BCUT2D eigenvalue weighted by molar-refractivity contribution is 0.412. The van der Waals surface area contributed by atoms with Gasteiger partial charge < -0.3 is 0 Å². The van der Waals surface area contributed by atoms with E-state index >= 15 is 0 Å². The molecule has 1 radical (unpaired) electrons. The zero-order valence-corrected chi connectivity index (χ0v) is 7.70. The van der Waals surface area contributed by atoms with Crippen molar-refractivity contribution in [3.8, 4) is 0 Å². The van der Waals surface area contributed by atoms with Crippen LogP contribution in [0.25, 0.3) is 0 Å². The Hall–Kier alpha value is -0.0400. The van der Waals surface area contributed by atoms with Crippen molar-refractivity contribution in [3.63, 3.8) is 0 Å². The van der Waals surface area contributed by atoms with Gasteiger partial charge in [-0.15, -0.1) is 0 Å². The molecule has 0 heterocycles. The molecule has 1 N–H and O–H groups in total. The summed E-state index contributed by atoms with van der Waals surface area (Å²) in [5.74, 6) is 0.794. The van der Waals surface area contributed by atoms with Gasteiger partial charge in [0.05, 0.1) is 0 Å². The van der Waals surface area contributed by atoms with Gasteiger partial charge in [0.1, 0.15) is 0 Å². The molecule has 0 aliphatic heterocycles. The minimum absolute atomic E-state index is 0.213. The van der Waals surface area contributed by atoms with Crippen LogP contribution in [0.3, 0.4) is 0 Å². The van der Waals surface area contributed by atoms with E-state index in [-0.39, 0.29) is 5.54 Å². The molecule has 0 bridgehead atoms. The molecule has 1 heteroatoms. The summed E-state index contributed by atoms with van der Waals surface area (Å²) in [7, 11) is 0. The van der Waals surface area contributed by atoms with Crippen molar-refractivity contribution in [1.82, 2.24) is 5.73 Å². The summed E-state index contributed by atoms with van der Waals surface area (Å²) in [6.45, 7) is 8.43. The van der Waals surface area contributed by atoms with Crippen LogP contribution in [0.4, 0.5) is 0 Å². The van der Waals surface area contributed by atoms with E-state index < -0.39 is 0 Å². The van der Waals surface area contributed by atoms with Crippen LogP contribution in [0.1, 0.15) is 47.0 Å². The summed E-state index contributed by atoms with van der Waals surface area (Å²) in [5.41, 5.74) is 7.36. The Bertz CT molecular complexity index is 79.2. The maximum atomic E-state index is 7.58. The van der Waals surface area contributed by atoms with Crippen LogP contribution in [-0.2, 0) is 0 Å². The van der Waals surface area contributed by atoms with Crippen LogP contribution in [0, 0.1) is 5.92 Å². The molecule has 0 rings (SSSR count). The summed E-state index contributed by atoms with van der Waals surface area (Å²) < 4.78 is 0. The van der Waals surface area contributed by atoms with Crippen LogP contribution < -0.4 is 5.73 Å². The average Bonchev–Trinajstić information content (AvgIpc) is 1.59. The standard InChI is InChI=1S/C9H20N/c1-8(2)6-5-7-9(3,4)10/h8,10H,5-7H2,1-4H3. The molecule has 0 saturated carbocycles. The molecular weight excluding hydrogens is 122 g/mol. The topological polar surface area (TPSA) is 23.8 Å². The van der Waals surface area contributed by atoms with Crippen molar-refractivity contribution in [1.29, 1.82) is 0 Å². The molecule has 10 heavy (non-hydrogen) atoms. The fourth-order valence-corrected chi connectivity index (χ4v) is 0.952. The number of hydrogen-bond donors (Lipinski definition) is 0. The molecule has 0 aromatic carbocycles. The molecule has 0 saturated heterocycles. The van der Waals surface area contributed by atoms with Gasteiger partial charge in [0.25, 0.3) is 0 Å². The highest BCUT2D eigenvalue weighted by atomic mass is 14.7. The van der Waals surface area contributed by atoms with Crippen LogP contribution >= 0.6 is 0 Å². The number of hydrogen-bond acceptors (Lipinski definition) is 0. The molecule has 0 amide bonds. The second-order valence-corrected chi connectivity index (χ2v) is 4.17. The van der Waals surface area contributed by atoms with Gasteiger partial charge in [-0.1, -0.05) is 26.7 Å². The summed E-state index contributed by atoms with van der Waals surface area (Å²) in [6.07, 6.45) is 3.50. The highest BCUT2D eigenvalue weighted by molar-refractivity contribution is 4.70. The molecular formula is C9H20N. The van der Waals surface area contributed by atoms with Crippen molar-refractivity contribution in [2.24, 2.45) is 5.92 Å². The van der Waals surface area contributed by atoms with E-state index in [1.165, 1.54) is 12.8 Å². The summed E-state index contributed by atoms with van der Waals surface area (Å²) >= 11 is 0. The SMILES string of the molecule is CC(C)CCCC(C)(C)[NH]. The molecule has 0 fully saturated rings. The van der Waals surface area contributed by atoms with Crippen LogP contribution in [0.15, 0.2) is 0 Å². The van der Waals surface area contributed by atoms with Crippen molar-refractivity contribution in [3.05, 3.63) is 0 Å². The van der Waals surface area contributed by atoms with Gasteiger partial charge in [0.15, 0.2) is 0 Å². The first-order valence-corrected chi connectivity index (χ1v) is 4.17. The third kappa shape index (κ3) is 7.96. The number of nitrogens with one attached hydrogen (secondary N) is 1. The summed E-state index contributed by atoms with van der Waals surface area (Å²) in [4.78, 5) is 0. The quantitative estimate of drug-likeness (QED) is 0.576. The number of rotatable bonds is 4. The molecule has 61 valence electrons. The lowest BCUT2D eigenvalue weighted by Gasteiger charge is -2.16. The average molecular weight is 142 g/mol. The first kappa shape index (κ1) is 9.96. The molecule has 0 aliphatic carbocycles. The Morgan fingerprint density at radius 2 is 1.80 bits per heavy atom. The molecule has 0 atom stereocenters. The van der Waals surface area contributed by atoms with Crippen molar-refractivity contribution in [2.45, 2.75) is 52.5 Å². The maximum Gasteiger partial charge on any atom is 0.0267 e. The zero-order chi connectivity index (χ0) is 8.20. The van der Waals surface area contributed by atoms with Crippen molar-refractivity contribution in [2.75, 3.05) is 0 Å². The summed E-state index contributed by atoms with van der Waals surface area (Å²) in [5, 5.41) is 0. The van der Waals surface area contributed by atoms with Gasteiger partial charge in [-0.3, -0.25) is 5.73 Å². The molecule has 0 aliphatic rings. The lowest BCUT2D eigenvalue weighted by atomic mass is 9.96. The van der Waals surface area contributed by atoms with Crippen LogP contribution in [0.2, 0.25) is 0 Å². The van der Waals surface area contributed by atoms with Crippen LogP contribution in [0.5, 0.6) is 0 Å². The first-order valence-electron chi connectivity index (χ1n) is 4.17. The van der Waals surface area contributed by atoms with Crippen LogP contribution in [-0.4, -0.2) is 5.54 Å². The predicted molar refractivity (Wildman–Crippen MR) is 45.9 cm³/mol. The highest BCUT2D eigenvalue weighted by Gasteiger charge is 2.10. The normalized spacial score (nSPS) is 12.6. The largest absolute Gasteiger partial charge is 0.252 e.